The number of urea groups is 1. The van der Waals surface area contributed by atoms with Crippen molar-refractivity contribution in [2.24, 2.45) is 0 Å². The fraction of sp³-hybridized carbons (Fsp3) is 0.556. The van der Waals surface area contributed by atoms with Gasteiger partial charge in [0.05, 0.1) is 11.3 Å². The molecule has 0 saturated carbocycles. The molecule has 0 atom stereocenters. The zero-order valence-electron chi connectivity index (χ0n) is 14.6. The van der Waals surface area contributed by atoms with Crippen LogP contribution in [0.4, 0.5) is 10.5 Å². The summed E-state index contributed by atoms with van der Waals surface area (Å²) < 4.78 is 5.04. The topological polar surface area (TPSA) is 59.8 Å². The lowest BCUT2D eigenvalue weighted by Gasteiger charge is -2.27. The van der Waals surface area contributed by atoms with Gasteiger partial charge in [0.15, 0.2) is 0 Å². The molecule has 0 N–H and O–H groups in total. The smallest absolute Gasteiger partial charge is 0.319 e. The summed E-state index contributed by atoms with van der Waals surface area (Å²) in [4.78, 5) is 18.4. The molecule has 0 spiro atoms. The van der Waals surface area contributed by atoms with Gasteiger partial charge >= 0.3 is 6.03 Å². The maximum atomic E-state index is 12.6. The van der Waals surface area contributed by atoms with Crippen molar-refractivity contribution in [2.75, 3.05) is 58.4 Å². The fourth-order valence-electron chi connectivity index (χ4n) is 2.98. The molecule has 130 valence electrons. The van der Waals surface area contributed by atoms with E-state index in [-0.39, 0.29) is 6.03 Å². The van der Waals surface area contributed by atoms with E-state index in [1.165, 1.54) is 0 Å². The van der Waals surface area contributed by atoms with Crippen molar-refractivity contribution in [1.29, 1.82) is 5.26 Å². The van der Waals surface area contributed by atoms with Crippen molar-refractivity contribution in [3.8, 4) is 6.07 Å². The summed E-state index contributed by atoms with van der Waals surface area (Å²) in [7, 11) is 3.51. The van der Waals surface area contributed by atoms with Gasteiger partial charge in [-0.25, -0.2) is 4.79 Å². The van der Waals surface area contributed by atoms with E-state index >= 15 is 0 Å². The maximum absolute atomic E-state index is 12.6. The molecule has 1 saturated heterocycles. The van der Waals surface area contributed by atoms with Crippen LogP contribution in [0.1, 0.15) is 18.4 Å². The van der Waals surface area contributed by atoms with Gasteiger partial charge in [0, 0.05) is 53.5 Å². The number of amides is 2. The van der Waals surface area contributed by atoms with Crippen LogP contribution in [0.25, 0.3) is 0 Å². The van der Waals surface area contributed by atoms with Gasteiger partial charge in [0.25, 0.3) is 0 Å². The van der Waals surface area contributed by atoms with E-state index in [0.29, 0.717) is 25.3 Å². The van der Waals surface area contributed by atoms with Crippen molar-refractivity contribution < 1.29 is 9.53 Å². The van der Waals surface area contributed by atoms with Gasteiger partial charge in [0.1, 0.15) is 6.07 Å². The third-order valence-electron chi connectivity index (χ3n) is 4.30. The third-order valence-corrected chi connectivity index (χ3v) is 4.30. The highest BCUT2D eigenvalue weighted by Gasteiger charge is 2.22. The Morgan fingerprint density at radius 3 is 2.83 bits per heavy atom. The van der Waals surface area contributed by atoms with Crippen LogP contribution in [0.2, 0.25) is 0 Å². The van der Waals surface area contributed by atoms with E-state index in [9.17, 15) is 10.1 Å². The number of para-hydroxylation sites is 1. The quantitative estimate of drug-likeness (QED) is 0.776. The lowest BCUT2D eigenvalue weighted by Crippen LogP contribution is -2.43. The monoisotopic (exact) mass is 330 g/mol. The Kier molecular flexibility index (Phi) is 6.89. The third kappa shape index (κ3) is 4.62. The summed E-state index contributed by atoms with van der Waals surface area (Å²) in [5, 5.41) is 9.28. The number of carbonyl (C=O) groups excluding carboxylic acids is 1. The zero-order valence-corrected chi connectivity index (χ0v) is 14.6. The molecule has 1 aliphatic rings. The van der Waals surface area contributed by atoms with Gasteiger partial charge < -0.3 is 19.4 Å². The van der Waals surface area contributed by atoms with Gasteiger partial charge in [-0.1, -0.05) is 12.1 Å². The average molecular weight is 330 g/mol. The molecule has 1 aliphatic heterocycles. The van der Waals surface area contributed by atoms with Gasteiger partial charge in [0.2, 0.25) is 0 Å². The molecule has 1 aromatic carbocycles. The van der Waals surface area contributed by atoms with Crippen LogP contribution in [-0.4, -0.2) is 69.3 Å². The standard InChI is InChI=1S/C18H26N4O2/c1-20(9-6-14-24-2)18(23)22-11-5-10-21(12-13-22)17-8-4-3-7-16(17)15-19/h3-4,7-8H,5-6,9-14H2,1-2H3. The van der Waals surface area contributed by atoms with Gasteiger partial charge in [-0.05, 0) is 25.0 Å². The molecule has 0 aliphatic carbocycles. The van der Waals surface area contributed by atoms with E-state index in [2.05, 4.69) is 11.0 Å². The highest BCUT2D eigenvalue weighted by molar-refractivity contribution is 5.74. The van der Waals surface area contributed by atoms with E-state index in [1.54, 1.807) is 12.0 Å². The number of methoxy groups -OCH3 is 1. The first-order valence-corrected chi connectivity index (χ1v) is 8.40. The van der Waals surface area contributed by atoms with Crippen LogP contribution in [0.5, 0.6) is 0 Å². The van der Waals surface area contributed by atoms with Crippen molar-refractivity contribution in [1.82, 2.24) is 9.80 Å². The summed E-state index contributed by atoms with van der Waals surface area (Å²) in [6.07, 6.45) is 1.74. The number of anilines is 1. The Labute approximate surface area is 144 Å². The molecule has 6 heteroatoms. The summed E-state index contributed by atoms with van der Waals surface area (Å²) >= 11 is 0. The number of hydrogen-bond acceptors (Lipinski definition) is 4. The summed E-state index contributed by atoms with van der Waals surface area (Å²) in [6, 6.07) is 9.97. The van der Waals surface area contributed by atoms with E-state index in [4.69, 9.17) is 4.74 Å². The Morgan fingerprint density at radius 2 is 2.08 bits per heavy atom. The first kappa shape index (κ1) is 18.1. The van der Waals surface area contributed by atoms with Crippen LogP contribution >= 0.6 is 0 Å². The number of nitrogens with zero attached hydrogens (tertiary/aromatic N) is 4. The molecule has 1 aromatic rings. The number of carbonyl (C=O) groups is 1. The average Bonchev–Trinajstić information content (AvgIpc) is 2.87. The number of rotatable bonds is 5. The van der Waals surface area contributed by atoms with E-state index < -0.39 is 0 Å². The molecular weight excluding hydrogens is 304 g/mol. The van der Waals surface area contributed by atoms with Crippen LogP contribution in [-0.2, 0) is 4.74 Å². The molecule has 0 unspecified atom stereocenters. The highest BCUT2D eigenvalue weighted by Crippen LogP contribution is 2.21. The molecular formula is C18H26N4O2. The minimum absolute atomic E-state index is 0.0709. The fourth-order valence-corrected chi connectivity index (χ4v) is 2.98. The van der Waals surface area contributed by atoms with Gasteiger partial charge in [-0.2, -0.15) is 5.26 Å². The lowest BCUT2D eigenvalue weighted by molar-refractivity contribution is 0.153. The van der Waals surface area contributed by atoms with Gasteiger partial charge in [-0.15, -0.1) is 0 Å². The Balaban J connectivity index is 1.95. The molecule has 0 aromatic heterocycles. The second-order valence-corrected chi connectivity index (χ2v) is 6.01. The van der Waals surface area contributed by atoms with E-state index in [0.717, 1.165) is 38.2 Å². The maximum Gasteiger partial charge on any atom is 0.319 e. The minimum Gasteiger partial charge on any atom is -0.385 e. The number of ether oxygens (including phenoxy) is 1. The van der Waals surface area contributed by atoms with E-state index in [1.807, 2.05) is 36.2 Å². The summed E-state index contributed by atoms with van der Waals surface area (Å²) in [6.45, 7) is 4.39. The largest absolute Gasteiger partial charge is 0.385 e. The lowest BCUT2D eigenvalue weighted by atomic mass is 10.1. The molecule has 1 heterocycles. The predicted octanol–water partition coefficient (Wildman–Crippen LogP) is 2.16. The van der Waals surface area contributed by atoms with Crippen molar-refractivity contribution >= 4 is 11.7 Å². The normalized spacial score (nSPS) is 14.9. The highest BCUT2D eigenvalue weighted by atomic mass is 16.5. The van der Waals surface area contributed by atoms with Crippen molar-refractivity contribution in [3.05, 3.63) is 29.8 Å². The molecule has 2 rings (SSSR count). The number of benzene rings is 1. The van der Waals surface area contributed by atoms with Crippen LogP contribution < -0.4 is 4.90 Å². The first-order chi connectivity index (χ1) is 11.7. The van der Waals surface area contributed by atoms with Crippen LogP contribution in [0.3, 0.4) is 0 Å². The molecule has 24 heavy (non-hydrogen) atoms. The van der Waals surface area contributed by atoms with Crippen molar-refractivity contribution in [2.45, 2.75) is 12.8 Å². The predicted molar refractivity (Wildman–Crippen MR) is 94.1 cm³/mol. The molecule has 0 radical (unpaired) electrons. The van der Waals surface area contributed by atoms with Crippen molar-refractivity contribution in [3.63, 3.8) is 0 Å². The molecule has 6 nitrogen and oxygen atoms in total. The SMILES string of the molecule is COCCCN(C)C(=O)N1CCCN(c2ccccc2C#N)CC1. The van der Waals surface area contributed by atoms with Crippen LogP contribution in [0.15, 0.2) is 24.3 Å². The first-order valence-electron chi connectivity index (χ1n) is 8.40. The second-order valence-electron chi connectivity index (χ2n) is 6.01. The van der Waals surface area contributed by atoms with Gasteiger partial charge in [-0.3, -0.25) is 0 Å². The minimum atomic E-state index is 0.0709. The molecule has 2 amide bonds. The summed E-state index contributed by atoms with van der Waals surface area (Å²) in [5.41, 5.74) is 1.65. The molecule has 0 bridgehead atoms. The molecule has 1 fully saturated rings. The Bertz CT molecular complexity index is 585. The summed E-state index contributed by atoms with van der Waals surface area (Å²) in [5.74, 6) is 0. The number of hydrogen-bond donors (Lipinski definition) is 0. The second kappa shape index (κ2) is 9.14. The number of nitriles is 1. The zero-order chi connectivity index (χ0) is 17.4. The Morgan fingerprint density at radius 1 is 1.29 bits per heavy atom. The van der Waals surface area contributed by atoms with Crippen LogP contribution in [0, 0.1) is 11.3 Å². The Hall–Kier alpha value is -2.26.